The third-order valence-corrected chi connectivity index (χ3v) is 6.26. The fraction of sp³-hybridized carbons (Fsp3) is 0.417. The maximum absolute atomic E-state index is 13.1. The lowest BCUT2D eigenvalue weighted by Crippen LogP contribution is -2.48. The summed E-state index contributed by atoms with van der Waals surface area (Å²) in [6.45, 7) is 6.81. The molecular formula is C24H31BrN2O3S. The second-order valence-electron chi connectivity index (χ2n) is 7.81. The lowest BCUT2D eigenvalue weighted by atomic mass is 10.1. The van der Waals surface area contributed by atoms with Crippen LogP contribution in [0.3, 0.4) is 0 Å². The Labute approximate surface area is 198 Å². The van der Waals surface area contributed by atoms with E-state index in [1.165, 1.54) is 0 Å². The minimum atomic E-state index is -0.564. The monoisotopic (exact) mass is 506 g/mol. The van der Waals surface area contributed by atoms with Crippen molar-refractivity contribution in [3.63, 3.8) is 0 Å². The number of hydrogen-bond acceptors (Lipinski definition) is 4. The molecule has 1 atom stereocenters. The molecule has 0 spiro atoms. The quantitative estimate of drug-likeness (QED) is 0.471. The van der Waals surface area contributed by atoms with Crippen molar-refractivity contribution in [1.29, 1.82) is 0 Å². The zero-order valence-corrected chi connectivity index (χ0v) is 21.0. The molecule has 0 aliphatic carbocycles. The molecule has 2 aromatic rings. The molecular weight excluding hydrogens is 476 g/mol. The van der Waals surface area contributed by atoms with Gasteiger partial charge >= 0.3 is 0 Å². The molecule has 0 saturated carbocycles. The molecule has 0 aliphatic rings. The number of benzene rings is 2. The van der Waals surface area contributed by atoms with Crippen molar-refractivity contribution in [1.82, 2.24) is 10.2 Å². The molecule has 0 saturated heterocycles. The molecule has 0 aromatic heterocycles. The van der Waals surface area contributed by atoms with Crippen molar-refractivity contribution in [2.45, 2.75) is 39.1 Å². The van der Waals surface area contributed by atoms with E-state index in [0.29, 0.717) is 24.8 Å². The van der Waals surface area contributed by atoms with Gasteiger partial charge in [-0.2, -0.15) is 0 Å². The predicted octanol–water partition coefficient (Wildman–Crippen LogP) is 4.88. The maximum Gasteiger partial charge on any atom is 0.242 e. The first-order valence-corrected chi connectivity index (χ1v) is 12.3. The van der Waals surface area contributed by atoms with E-state index < -0.39 is 6.04 Å². The Morgan fingerprint density at radius 2 is 1.81 bits per heavy atom. The Morgan fingerprint density at radius 3 is 2.45 bits per heavy atom. The van der Waals surface area contributed by atoms with Gasteiger partial charge in [0.1, 0.15) is 11.8 Å². The van der Waals surface area contributed by atoms with Crippen LogP contribution in [0.5, 0.6) is 5.75 Å². The molecule has 1 N–H and O–H groups in total. The van der Waals surface area contributed by atoms with Gasteiger partial charge in [0.2, 0.25) is 11.8 Å². The van der Waals surface area contributed by atoms with Gasteiger partial charge in [-0.3, -0.25) is 9.59 Å². The summed E-state index contributed by atoms with van der Waals surface area (Å²) in [6, 6.07) is 15.1. The summed E-state index contributed by atoms with van der Waals surface area (Å²) in [5.41, 5.74) is 2.08. The van der Waals surface area contributed by atoms with Crippen LogP contribution in [0.25, 0.3) is 0 Å². The van der Waals surface area contributed by atoms with Crippen molar-refractivity contribution in [3.05, 3.63) is 64.1 Å². The summed E-state index contributed by atoms with van der Waals surface area (Å²) < 4.78 is 6.33. The summed E-state index contributed by atoms with van der Waals surface area (Å²) >= 11 is 4.99. The average molecular weight is 507 g/mol. The third kappa shape index (κ3) is 8.57. The first-order valence-electron chi connectivity index (χ1n) is 10.3. The first-order chi connectivity index (χ1) is 14.8. The van der Waals surface area contributed by atoms with Gasteiger partial charge in [0, 0.05) is 23.3 Å². The van der Waals surface area contributed by atoms with Gasteiger partial charge in [0.05, 0.1) is 12.9 Å². The summed E-state index contributed by atoms with van der Waals surface area (Å²) in [4.78, 5) is 27.5. The maximum atomic E-state index is 13.1. The van der Waals surface area contributed by atoms with E-state index in [4.69, 9.17) is 4.74 Å². The van der Waals surface area contributed by atoms with Gasteiger partial charge in [-0.1, -0.05) is 54.0 Å². The molecule has 0 heterocycles. The second-order valence-corrected chi connectivity index (χ2v) is 9.71. The molecule has 31 heavy (non-hydrogen) atoms. The van der Waals surface area contributed by atoms with Crippen LogP contribution in [0.4, 0.5) is 0 Å². The number of thioether (sulfide) groups is 1. The topological polar surface area (TPSA) is 58.6 Å². The highest BCUT2D eigenvalue weighted by atomic mass is 79.9. The van der Waals surface area contributed by atoms with Gasteiger partial charge in [0.15, 0.2) is 0 Å². The molecule has 168 valence electrons. The summed E-state index contributed by atoms with van der Waals surface area (Å²) in [5, 5.41) is 2.94. The van der Waals surface area contributed by atoms with Crippen LogP contribution in [-0.4, -0.2) is 42.2 Å². The van der Waals surface area contributed by atoms with E-state index in [0.717, 1.165) is 27.1 Å². The highest BCUT2D eigenvalue weighted by molar-refractivity contribution is 9.10. The molecule has 0 radical (unpaired) electrons. The minimum absolute atomic E-state index is 0.0582. The van der Waals surface area contributed by atoms with Gasteiger partial charge in [0.25, 0.3) is 0 Å². The number of carbonyl (C=O) groups excluding carboxylic acids is 2. The van der Waals surface area contributed by atoms with Gasteiger partial charge in [-0.25, -0.2) is 0 Å². The first kappa shape index (κ1) is 25.3. The van der Waals surface area contributed by atoms with Gasteiger partial charge < -0.3 is 15.0 Å². The molecule has 1 unspecified atom stereocenters. The number of rotatable bonds is 11. The zero-order valence-electron chi connectivity index (χ0n) is 18.6. The molecule has 0 bridgehead atoms. The highest BCUT2D eigenvalue weighted by Gasteiger charge is 2.26. The number of hydrogen-bond donors (Lipinski definition) is 1. The van der Waals surface area contributed by atoms with Gasteiger partial charge in [-0.05, 0) is 48.2 Å². The Morgan fingerprint density at radius 1 is 1.10 bits per heavy atom. The highest BCUT2D eigenvalue weighted by Crippen LogP contribution is 2.19. The zero-order chi connectivity index (χ0) is 22.8. The van der Waals surface area contributed by atoms with Crippen LogP contribution < -0.4 is 10.1 Å². The lowest BCUT2D eigenvalue weighted by Gasteiger charge is -2.29. The fourth-order valence-electron chi connectivity index (χ4n) is 2.92. The number of amides is 2. The average Bonchev–Trinajstić information content (AvgIpc) is 2.76. The number of ether oxygens (including phenoxy) is 1. The molecule has 2 amide bonds. The number of nitrogens with zero attached hydrogens (tertiary/aromatic N) is 1. The van der Waals surface area contributed by atoms with Crippen LogP contribution in [0.1, 0.15) is 31.9 Å². The Kier molecular flexibility index (Phi) is 10.4. The summed E-state index contributed by atoms with van der Waals surface area (Å²) in [6.07, 6.45) is 0. The standard InChI is InChI=1S/C24H31BrN2O3S/c1-17(2)13-26-24(29)18(3)27(14-20-6-5-7-22(12-20)30-4)23(28)16-31-15-19-8-10-21(25)11-9-19/h5-12,17-18H,13-16H2,1-4H3,(H,26,29). The minimum Gasteiger partial charge on any atom is -0.497 e. The fourth-order valence-corrected chi connectivity index (χ4v) is 4.06. The largest absolute Gasteiger partial charge is 0.497 e. The molecule has 0 aliphatic heterocycles. The third-order valence-electron chi connectivity index (χ3n) is 4.75. The van der Waals surface area contributed by atoms with Crippen LogP contribution in [0.2, 0.25) is 0 Å². The van der Waals surface area contributed by atoms with Crippen molar-refractivity contribution < 1.29 is 14.3 Å². The van der Waals surface area contributed by atoms with Crippen LogP contribution in [-0.2, 0) is 21.9 Å². The Bertz CT molecular complexity index is 858. The molecule has 2 aromatic carbocycles. The predicted molar refractivity (Wildman–Crippen MR) is 131 cm³/mol. The van der Waals surface area contributed by atoms with Crippen molar-refractivity contribution in [3.8, 4) is 5.75 Å². The van der Waals surface area contributed by atoms with Crippen molar-refractivity contribution in [2.24, 2.45) is 5.92 Å². The van der Waals surface area contributed by atoms with E-state index in [9.17, 15) is 9.59 Å². The number of methoxy groups -OCH3 is 1. The smallest absolute Gasteiger partial charge is 0.242 e. The Hall–Kier alpha value is -1.99. The van der Waals surface area contributed by atoms with E-state index in [-0.39, 0.29) is 11.8 Å². The molecule has 7 heteroatoms. The van der Waals surface area contributed by atoms with E-state index >= 15 is 0 Å². The normalized spacial score (nSPS) is 11.8. The SMILES string of the molecule is COc1cccc(CN(C(=O)CSCc2ccc(Br)cc2)C(C)C(=O)NCC(C)C)c1. The van der Waals surface area contributed by atoms with Crippen LogP contribution >= 0.6 is 27.7 Å². The number of halogens is 1. The summed E-state index contributed by atoms with van der Waals surface area (Å²) in [5.74, 6) is 1.92. The van der Waals surface area contributed by atoms with E-state index in [1.807, 2.05) is 62.4 Å². The van der Waals surface area contributed by atoms with Crippen molar-refractivity contribution >= 4 is 39.5 Å². The van der Waals surface area contributed by atoms with E-state index in [2.05, 4.69) is 21.2 Å². The summed E-state index contributed by atoms with van der Waals surface area (Å²) in [7, 11) is 1.61. The Balaban J connectivity index is 2.07. The van der Waals surface area contributed by atoms with Crippen molar-refractivity contribution in [2.75, 3.05) is 19.4 Å². The number of nitrogens with one attached hydrogen (secondary N) is 1. The van der Waals surface area contributed by atoms with Gasteiger partial charge in [-0.15, -0.1) is 11.8 Å². The van der Waals surface area contributed by atoms with Crippen LogP contribution in [0.15, 0.2) is 53.0 Å². The number of carbonyl (C=O) groups is 2. The second kappa shape index (κ2) is 12.8. The molecule has 5 nitrogen and oxygen atoms in total. The van der Waals surface area contributed by atoms with E-state index in [1.54, 1.807) is 30.7 Å². The molecule has 2 rings (SSSR count). The molecule has 0 fully saturated rings. The lowest BCUT2D eigenvalue weighted by molar-refractivity contribution is -0.138. The van der Waals surface area contributed by atoms with Crippen LogP contribution in [0, 0.1) is 5.92 Å².